The molecule has 1 fully saturated rings. The van der Waals surface area contributed by atoms with Crippen molar-refractivity contribution in [2.75, 3.05) is 6.61 Å². The van der Waals surface area contributed by atoms with Crippen LogP contribution in [0.3, 0.4) is 0 Å². The molecule has 0 aliphatic heterocycles. The predicted molar refractivity (Wildman–Crippen MR) is 108 cm³/mol. The Kier molecular flexibility index (Phi) is 5.70. The van der Waals surface area contributed by atoms with Crippen molar-refractivity contribution in [2.24, 2.45) is 0 Å². The molecule has 1 amide bonds. The summed E-state index contributed by atoms with van der Waals surface area (Å²) < 4.78 is 5.62. The van der Waals surface area contributed by atoms with Gasteiger partial charge in [0.15, 0.2) is 0 Å². The number of hydrogen-bond acceptors (Lipinski definition) is 4. The Bertz CT molecular complexity index is 897. The van der Waals surface area contributed by atoms with Crippen molar-refractivity contribution >= 4 is 22.8 Å². The van der Waals surface area contributed by atoms with Gasteiger partial charge in [-0.25, -0.2) is 4.79 Å². The van der Waals surface area contributed by atoms with Crippen LogP contribution in [0.4, 0.5) is 0 Å². The van der Waals surface area contributed by atoms with Crippen molar-refractivity contribution in [1.82, 2.24) is 10.3 Å². The lowest BCUT2D eigenvalue weighted by molar-refractivity contribution is -0.140. The van der Waals surface area contributed by atoms with Crippen molar-refractivity contribution in [2.45, 2.75) is 64.5 Å². The molecular formula is C22H28N2O4. The molecule has 28 heavy (non-hydrogen) atoms. The number of benzene rings is 1. The molecule has 0 saturated heterocycles. The second-order valence-electron chi connectivity index (χ2n) is 8.50. The number of aryl methyl sites for hydroxylation is 1. The molecule has 0 spiro atoms. The van der Waals surface area contributed by atoms with Gasteiger partial charge in [0.05, 0.1) is 16.7 Å². The van der Waals surface area contributed by atoms with E-state index in [2.05, 4.69) is 5.32 Å². The fourth-order valence-electron chi connectivity index (χ4n) is 3.11. The number of amides is 1. The van der Waals surface area contributed by atoms with E-state index < -0.39 is 12.0 Å². The summed E-state index contributed by atoms with van der Waals surface area (Å²) in [6.45, 7) is 7.94. The van der Waals surface area contributed by atoms with Gasteiger partial charge in [0.2, 0.25) is 0 Å². The van der Waals surface area contributed by atoms with E-state index in [0.29, 0.717) is 11.5 Å². The number of hydrogen-bond donors (Lipinski definition) is 2. The second-order valence-corrected chi connectivity index (χ2v) is 8.50. The number of carboxylic acids is 1. The summed E-state index contributed by atoms with van der Waals surface area (Å²) in [6.07, 6.45) is 2.36. The fraction of sp³-hybridized carbons (Fsp3) is 0.500. The van der Waals surface area contributed by atoms with Crippen molar-refractivity contribution in [1.29, 1.82) is 0 Å². The van der Waals surface area contributed by atoms with Crippen molar-refractivity contribution in [3.05, 3.63) is 41.1 Å². The lowest BCUT2D eigenvalue weighted by Gasteiger charge is -2.21. The van der Waals surface area contributed by atoms with Gasteiger partial charge in [0.1, 0.15) is 6.04 Å². The summed E-state index contributed by atoms with van der Waals surface area (Å²) >= 11 is 0. The molecular weight excluding hydrogens is 356 g/mol. The number of carboxylic acid groups (broad SMARTS) is 1. The largest absolute Gasteiger partial charge is 0.480 e. The number of nitrogens with one attached hydrogen (secondary N) is 1. The maximum Gasteiger partial charge on any atom is 0.326 e. The van der Waals surface area contributed by atoms with Crippen LogP contribution in [0.1, 0.15) is 67.6 Å². The Morgan fingerprint density at radius 1 is 1.29 bits per heavy atom. The molecule has 6 heteroatoms. The third-order valence-electron chi connectivity index (χ3n) is 4.77. The summed E-state index contributed by atoms with van der Waals surface area (Å²) in [5.41, 5.74) is 2.83. The molecule has 0 radical (unpaired) electrons. The standard InChI is InChI=1S/C22H28N2O4/c1-13-5-8-17-15(11-13)16(12-19(23-17)14-6-7-14)20(25)24-18(21(26)27)9-10-28-22(2,3)4/h5,8,11-12,14,18H,6-7,9-10H2,1-4H3,(H,24,25)(H,26,27). The minimum absolute atomic E-state index is 0.204. The first kappa shape index (κ1) is 20.3. The van der Waals surface area contributed by atoms with E-state index >= 15 is 0 Å². The monoisotopic (exact) mass is 384 g/mol. The fourth-order valence-corrected chi connectivity index (χ4v) is 3.11. The van der Waals surface area contributed by atoms with Gasteiger partial charge in [-0.05, 0) is 58.7 Å². The van der Waals surface area contributed by atoms with E-state index in [1.165, 1.54) is 0 Å². The minimum atomic E-state index is -1.07. The Morgan fingerprint density at radius 3 is 2.61 bits per heavy atom. The maximum atomic E-state index is 13.0. The summed E-state index contributed by atoms with van der Waals surface area (Å²) in [7, 11) is 0. The summed E-state index contributed by atoms with van der Waals surface area (Å²) in [6, 6.07) is 6.62. The predicted octanol–water partition coefficient (Wildman–Crippen LogP) is 3.81. The number of fused-ring (bicyclic) bond motifs is 1. The Hall–Kier alpha value is -2.47. The van der Waals surface area contributed by atoms with Gasteiger partial charge in [-0.1, -0.05) is 11.6 Å². The zero-order valence-electron chi connectivity index (χ0n) is 16.9. The van der Waals surface area contributed by atoms with Gasteiger partial charge >= 0.3 is 5.97 Å². The van der Waals surface area contributed by atoms with Crippen LogP contribution < -0.4 is 5.32 Å². The molecule has 2 N–H and O–H groups in total. The van der Waals surface area contributed by atoms with E-state index in [1.54, 1.807) is 0 Å². The molecule has 3 rings (SSSR count). The molecule has 1 aliphatic rings. The van der Waals surface area contributed by atoms with Crippen LogP contribution in [0, 0.1) is 6.92 Å². The number of nitrogens with zero attached hydrogens (tertiary/aromatic N) is 1. The van der Waals surface area contributed by atoms with Crippen molar-refractivity contribution in [3.8, 4) is 0 Å². The highest BCUT2D eigenvalue weighted by atomic mass is 16.5. The minimum Gasteiger partial charge on any atom is -0.480 e. The molecule has 1 aliphatic carbocycles. The Labute approximate surface area is 165 Å². The lowest BCUT2D eigenvalue weighted by Crippen LogP contribution is -2.42. The molecule has 1 heterocycles. The van der Waals surface area contributed by atoms with Crippen LogP contribution in [0.2, 0.25) is 0 Å². The lowest BCUT2D eigenvalue weighted by atomic mass is 10.0. The highest BCUT2D eigenvalue weighted by Crippen LogP contribution is 2.40. The number of ether oxygens (including phenoxy) is 1. The van der Waals surface area contributed by atoms with Gasteiger partial charge in [-0.2, -0.15) is 0 Å². The summed E-state index contributed by atoms with van der Waals surface area (Å²) in [5, 5.41) is 12.9. The van der Waals surface area contributed by atoms with Crippen LogP contribution in [0.5, 0.6) is 0 Å². The van der Waals surface area contributed by atoms with Crippen LogP contribution >= 0.6 is 0 Å². The van der Waals surface area contributed by atoms with Crippen LogP contribution in [-0.4, -0.2) is 40.2 Å². The molecule has 6 nitrogen and oxygen atoms in total. The van der Waals surface area contributed by atoms with Crippen molar-refractivity contribution in [3.63, 3.8) is 0 Å². The van der Waals surface area contributed by atoms with Crippen LogP contribution in [0.15, 0.2) is 24.3 Å². The van der Waals surface area contributed by atoms with Gasteiger partial charge in [0, 0.05) is 30.0 Å². The third-order valence-corrected chi connectivity index (χ3v) is 4.77. The van der Waals surface area contributed by atoms with Crippen LogP contribution in [-0.2, 0) is 9.53 Å². The molecule has 1 aromatic heterocycles. The average Bonchev–Trinajstić information content (AvgIpc) is 3.43. The molecule has 150 valence electrons. The number of aliphatic carboxylic acids is 1. The molecule has 2 aromatic rings. The Morgan fingerprint density at radius 2 is 2.00 bits per heavy atom. The topological polar surface area (TPSA) is 88.5 Å². The van der Waals surface area contributed by atoms with Gasteiger partial charge in [-0.15, -0.1) is 0 Å². The normalized spacial score (nSPS) is 15.4. The van der Waals surface area contributed by atoms with Gasteiger partial charge in [0.25, 0.3) is 5.91 Å². The maximum absolute atomic E-state index is 13.0. The molecule has 1 saturated carbocycles. The first-order chi connectivity index (χ1) is 13.1. The van der Waals surface area contributed by atoms with E-state index in [1.807, 2.05) is 52.0 Å². The van der Waals surface area contributed by atoms with Crippen molar-refractivity contribution < 1.29 is 19.4 Å². The number of pyridine rings is 1. The number of carbonyl (C=O) groups excluding carboxylic acids is 1. The quantitative estimate of drug-likeness (QED) is 0.758. The number of rotatable bonds is 7. The summed E-state index contributed by atoms with van der Waals surface area (Å²) in [5.74, 6) is -1.06. The summed E-state index contributed by atoms with van der Waals surface area (Å²) in [4.78, 5) is 29.3. The molecule has 1 aromatic carbocycles. The van der Waals surface area contributed by atoms with Crippen LogP contribution in [0.25, 0.3) is 10.9 Å². The molecule has 1 unspecified atom stereocenters. The zero-order valence-corrected chi connectivity index (χ0v) is 16.9. The second kappa shape index (κ2) is 7.87. The van der Waals surface area contributed by atoms with Gasteiger partial charge in [-0.3, -0.25) is 9.78 Å². The zero-order chi connectivity index (χ0) is 20.5. The highest BCUT2D eigenvalue weighted by Gasteiger charge is 2.28. The number of aromatic nitrogens is 1. The van der Waals surface area contributed by atoms with E-state index in [4.69, 9.17) is 9.72 Å². The Balaban J connectivity index is 1.84. The number of carbonyl (C=O) groups is 2. The molecule has 1 atom stereocenters. The highest BCUT2D eigenvalue weighted by molar-refractivity contribution is 6.07. The first-order valence-electron chi connectivity index (χ1n) is 9.73. The smallest absolute Gasteiger partial charge is 0.326 e. The first-order valence-corrected chi connectivity index (χ1v) is 9.73. The van der Waals surface area contributed by atoms with E-state index in [9.17, 15) is 14.7 Å². The molecule has 0 bridgehead atoms. The average molecular weight is 384 g/mol. The van der Waals surface area contributed by atoms with E-state index in [-0.39, 0.29) is 24.5 Å². The van der Waals surface area contributed by atoms with Gasteiger partial charge < -0.3 is 15.2 Å². The third kappa shape index (κ3) is 5.07. The SMILES string of the molecule is Cc1ccc2nc(C3CC3)cc(C(=O)NC(CCOC(C)(C)C)C(=O)O)c2c1. The van der Waals surface area contributed by atoms with E-state index in [0.717, 1.165) is 35.0 Å².